The highest BCUT2D eigenvalue weighted by Gasteiger charge is 2.29. The molecule has 0 fully saturated rings. The Balaban J connectivity index is 4.51. The van der Waals surface area contributed by atoms with Crippen molar-refractivity contribution in [3.63, 3.8) is 0 Å². The van der Waals surface area contributed by atoms with Gasteiger partial charge in [-0.1, -0.05) is 5.16 Å². The second kappa shape index (κ2) is 5.68. The zero-order chi connectivity index (χ0) is 13.9. The van der Waals surface area contributed by atoms with E-state index >= 15 is 0 Å². The fourth-order valence-electron chi connectivity index (χ4n) is 1.07. The minimum Gasteiger partial charge on any atom is -0.409 e. The van der Waals surface area contributed by atoms with Gasteiger partial charge in [-0.2, -0.15) is 0 Å². The van der Waals surface area contributed by atoms with Gasteiger partial charge in [0.05, 0.1) is 16.5 Å². The molecule has 0 spiro atoms. The van der Waals surface area contributed by atoms with E-state index in [1.807, 2.05) is 0 Å². The quantitative estimate of drug-likeness (QED) is 0.322. The van der Waals surface area contributed by atoms with Gasteiger partial charge in [0.1, 0.15) is 0 Å². The SMILES string of the molecule is CC(C(N)=NO)N(C)CCS(=O)(=O)C(C)(C)C. The van der Waals surface area contributed by atoms with Crippen molar-refractivity contribution in [3.8, 4) is 0 Å². The van der Waals surface area contributed by atoms with Gasteiger partial charge in [-0.15, -0.1) is 0 Å². The molecule has 0 saturated carbocycles. The first-order valence-corrected chi connectivity index (χ1v) is 7.08. The molecule has 17 heavy (non-hydrogen) atoms. The molecule has 0 aliphatic carbocycles. The van der Waals surface area contributed by atoms with Gasteiger partial charge >= 0.3 is 0 Å². The summed E-state index contributed by atoms with van der Waals surface area (Å²) in [6, 6.07) is -0.296. The average Bonchev–Trinajstić information content (AvgIpc) is 2.22. The molecule has 0 bridgehead atoms. The van der Waals surface area contributed by atoms with Gasteiger partial charge in [0.2, 0.25) is 0 Å². The smallest absolute Gasteiger partial charge is 0.156 e. The fraction of sp³-hybridized carbons (Fsp3) is 0.900. The van der Waals surface area contributed by atoms with Crippen LogP contribution in [0, 0.1) is 0 Å². The molecule has 6 nitrogen and oxygen atoms in total. The molecule has 3 N–H and O–H groups in total. The van der Waals surface area contributed by atoms with E-state index in [1.165, 1.54) is 0 Å². The third kappa shape index (κ3) is 4.51. The molecule has 0 radical (unpaired) electrons. The Kier molecular flexibility index (Phi) is 5.41. The number of likely N-dealkylation sites (N-methyl/N-ethyl adjacent to an activating group) is 1. The van der Waals surface area contributed by atoms with Gasteiger partial charge in [-0.3, -0.25) is 4.90 Å². The molecule has 0 saturated heterocycles. The lowest BCUT2D eigenvalue weighted by Crippen LogP contribution is -2.44. The van der Waals surface area contributed by atoms with E-state index in [-0.39, 0.29) is 17.6 Å². The first kappa shape index (κ1) is 16.2. The van der Waals surface area contributed by atoms with Crippen LogP contribution in [0.3, 0.4) is 0 Å². The molecule has 0 aromatic heterocycles. The molecule has 0 rings (SSSR count). The lowest BCUT2D eigenvalue weighted by atomic mass is 10.3. The molecule has 0 amide bonds. The molecular weight excluding hydrogens is 242 g/mol. The summed E-state index contributed by atoms with van der Waals surface area (Å²) in [5, 5.41) is 11.4. The van der Waals surface area contributed by atoms with Crippen molar-refractivity contribution in [3.05, 3.63) is 0 Å². The third-order valence-electron chi connectivity index (χ3n) is 2.85. The Morgan fingerprint density at radius 1 is 1.47 bits per heavy atom. The summed E-state index contributed by atoms with van der Waals surface area (Å²) in [6.45, 7) is 7.12. The first-order valence-electron chi connectivity index (χ1n) is 5.43. The summed E-state index contributed by atoms with van der Waals surface area (Å²) >= 11 is 0. The maximum Gasteiger partial charge on any atom is 0.156 e. The average molecular weight is 265 g/mol. The van der Waals surface area contributed by atoms with E-state index in [0.717, 1.165) is 0 Å². The highest BCUT2D eigenvalue weighted by molar-refractivity contribution is 7.92. The van der Waals surface area contributed by atoms with Gasteiger partial charge in [-0.25, -0.2) is 8.42 Å². The number of rotatable bonds is 5. The van der Waals surface area contributed by atoms with Gasteiger partial charge in [0.25, 0.3) is 0 Å². The summed E-state index contributed by atoms with van der Waals surface area (Å²) in [4.78, 5) is 1.73. The van der Waals surface area contributed by atoms with Gasteiger partial charge < -0.3 is 10.9 Å². The molecule has 1 unspecified atom stereocenters. The summed E-state index contributed by atoms with van der Waals surface area (Å²) < 4.78 is 23.0. The Bertz CT molecular complexity index is 371. The molecular formula is C10H23N3O3S. The number of hydrogen-bond acceptors (Lipinski definition) is 5. The van der Waals surface area contributed by atoms with Crippen molar-refractivity contribution in [2.24, 2.45) is 10.9 Å². The van der Waals surface area contributed by atoms with Crippen molar-refractivity contribution in [2.75, 3.05) is 19.3 Å². The van der Waals surface area contributed by atoms with Crippen LogP contribution in [0.25, 0.3) is 0 Å². The van der Waals surface area contributed by atoms with Crippen LogP contribution in [0.4, 0.5) is 0 Å². The second-order valence-corrected chi connectivity index (χ2v) is 7.98. The molecule has 0 aliphatic heterocycles. The van der Waals surface area contributed by atoms with Crippen molar-refractivity contribution < 1.29 is 13.6 Å². The van der Waals surface area contributed by atoms with Gasteiger partial charge in [0.15, 0.2) is 15.7 Å². The normalized spacial score (nSPS) is 16.2. The fourth-order valence-corrected chi connectivity index (χ4v) is 2.21. The van der Waals surface area contributed by atoms with Gasteiger partial charge in [0, 0.05) is 6.54 Å². The Morgan fingerprint density at radius 2 is 1.94 bits per heavy atom. The zero-order valence-electron chi connectivity index (χ0n) is 11.1. The topological polar surface area (TPSA) is 96.0 Å². The minimum atomic E-state index is -3.14. The van der Waals surface area contributed by atoms with Crippen LogP contribution >= 0.6 is 0 Å². The number of sulfone groups is 1. The largest absolute Gasteiger partial charge is 0.409 e. The molecule has 7 heteroatoms. The highest BCUT2D eigenvalue weighted by atomic mass is 32.2. The maximum absolute atomic E-state index is 11.9. The van der Waals surface area contributed by atoms with Crippen molar-refractivity contribution in [1.82, 2.24) is 4.90 Å². The second-order valence-electron chi connectivity index (χ2n) is 5.11. The van der Waals surface area contributed by atoms with E-state index in [9.17, 15) is 8.42 Å². The third-order valence-corrected chi connectivity index (χ3v) is 5.44. The summed E-state index contributed by atoms with van der Waals surface area (Å²) in [5.74, 6) is 0.122. The van der Waals surface area contributed by atoms with Crippen LogP contribution < -0.4 is 5.73 Å². The predicted octanol–water partition coefficient (Wildman–Crippen LogP) is 0.266. The van der Waals surface area contributed by atoms with Crippen LogP contribution in [0.5, 0.6) is 0 Å². The number of nitrogens with two attached hydrogens (primary N) is 1. The molecule has 0 aromatic rings. The highest BCUT2D eigenvalue weighted by Crippen LogP contribution is 2.16. The Labute approximate surface area is 103 Å². The first-order chi connectivity index (χ1) is 7.53. The zero-order valence-corrected chi connectivity index (χ0v) is 12.0. The van der Waals surface area contributed by atoms with Crippen LogP contribution in [0.15, 0.2) is 5.16 Å². The maximum atomic E-state index is 11.9. The van der Waals surface area contributed by atoms with E-state index in [2.05, 4.69) is 5.16 Å². The summed E-state index contributed by atoms with van der Waals surface area (Å²) in [5.41, 5.74) is 5.45. The number of amidine groups is 1. The van der Waals surface area contributed by atoms with Crippen molar-refractivity contribution >= 4 is 15.7 Å². The van der Waals surface area contributed by atoms with Gasteiger partial charge in [-0.05, 0) is 34.7 Å². The van der Waals surface area contributed by atoms with Crippen LogP contribution in [-0.4, -0.2) is 54.5 Å². The van der Waals surface area contributed by atoms with Crippen molar-refractivity contribution in [1.29, 1.82) is 0 Å². The Hall–Kier alpha value is -0.820. The van der Waals surface area contributed by atoms with E-state index in [4.69, 9.17) is 10.9 Å². The standard InChI is InChI=1S/C10H23N3O3S/c1-8(9(11)12-14)13(5)6-7-17(15,16)10(2,3)4/h8,14H,6-7H2,1-5H3,(H2,11,12). The van der Waals surface area contributed by atoms with E-state index in [0.29, 0.717) is 6.54 Å². The van der Waals surface area contributed by atoms with Crippen LogP contribution in [0.2, 0.25) is 0 Å². The molecule has 0 aliphatic rings. The van der Waals surface area contributed by atoms with Crippen LogP contribution in [0.1, 0.15) is 27.7 Å². The minimum absolute atomic E-state index is 0.0516. The lowest BCUT2D eigenvalue weighted by Gasteiger charge is -2.25. The monoisotopic (exact) mass is 265 g/mol. The molecule has 102 valence electrons. The number of oxime groups is 1. The number of nitrogens with zero attached hydrogens (tertiary/aromatic N) is 2. The summed E-state index contributed by atoms with van der Waals surface area (Å²) in [6.07, 6.45) is 0. The lowest BCUT2D eigenvalue weighted by molar-refractivity contribution is 0.292. The predicted molar refractivity (Wildman–Crippen MR) is 69.0 cm³/mol. The number of hydrogen-bond donors (Lipinski definition) is 2. The Morgan fingerprint density at radius 3 is 2.29 bits per heavy atom. The molecule has 0 aromatic carbocycles. The van der Waals surface area contributed by atoms with Crippen LogP contribution in [-0.2, 0) is 9.84 Å². The van der Waals surface area contributed by atoms with E-state index in [1.54, 1.807) is 39.6 Å². The molecule has 1 atom stereocenters. The van der Waals surface area contributed by atoms with Crippen molar-refractivity contribution in [2.45, 2.75) is 38.5 Å². The molecule has 0 heterocycles. The summed E-state index contributed by atoms with van der Waals surface area (Å²) in [7, 11) is -1.41. The van der Waals surface area contributed by atoms with E-state index < -0.39 is 14.6 Å².